The molecule has 0 aromatic heterocycles. The van der Waals surface area contributed by atoms with Gasteiger partial charge < -0.3 is 15.2 Å². The molecule has 1 atom stereocenters. The summed E-state index contributed by atoms with van der Waals surface area (Å²) in [5, 5.41) is 12.7. The molecule has 2 rings (SSSR count). The maximum absolute atomic E-state index is 10.8. The number of nitrogens with one attached hydrogen (secondary N) is 1. The maximum Gasteiger partial charge on any atom is 0.344 e. The van der Waals surface area contributed by atoms with E-state index in [0.717, 1.165) is 5.56 Å². The molecule has 98 valence electrons. The lowest BCUT2D eigenvalue weighted by atomic mass is 10.2. The van der Waals surface area contributed by atoms with Crippen molar-refractivity contribution in [3.05, 3.63) is 28.8 Å². The Balaban J connectivity index is 2.11. The van der Waals surface area contributed by atoms with Crippen LogP contribution in [0.2, 0.25) is 5.02 Å². The van der Waals surface area contributed by atoms with E-state index in [1.54, 1.807) is 6.07 Å². The minimum atomic E-state index is -1.00. The summed E-state index contributed by atoms with van der Waals surface area (Å²) in [7, 11) is 0. The van der Waals surface area contributed by atoms with Crippen LogP contribution in [0.5, 0.6) is 5.75 Å². The molecule has 0 heterocycles. The van der Waals surface area contributed by atoms with Crippen LogP contribution in [-0.2, 0) is 11.3 Å². The Hall–Kier alpha value is -1.26. The van der Waals surface area contributed by atoms with Gasteiger partial charge in [0.2, 0.25) is 0 Å². The Bertz CT molecular complexity index is 446. The van der Waals surface area contributed by atoms with Gasteiger partial charge in [-0.3, -0.25) is 0 Å². The van der Waals surface area contributed by atoms with E-state index in [2.05, 4.69) is 5.32 Å². The van der Waals surface area contributed by atoms with E-state index < -0.39 is 12.1 Å². The number of para-hydroxylation sites is 1. The van der Waals surface area contributed by atoms with E-state index in [0.29, 0.717) is 23.4 Å². The van der Waals surface area contributed by atoms with Gasteiger partial charge in [0.05, 0.1) is 5.02 Å². The fourth-order valence-corrected chi connectivity index (χ4v) is 1.83. The molecule has 0 aliphatic heterocycles. The molecule has 1 unspecified atom stereocenters. The number of hydrogen-bond acceptors (Lipinski definition) is 3. The summed E-state index contributed by atoms with van der Waals surface area (Å²) in [5.74, 6) is -0.543. The van der Waals surface area contributed by atoms with Crippen LogP contribution >= 0.6 is 11.6 Å². The summed E-state index contributed by atoms with van der Waals surface area (Å²) in [5.41, 5.74) is 0.891. The number of ether oxygens (including phenoxy) is 1. The number of hydrogen-bond donors (Lipinski definition) is 2. The van der Waals surface area contributed by atoms with E-state index in [9.17, 15) is 4.79 Å². The highest BCUT2D eigenvalue weighted by atomic mass is 35.5. The Morgan fingerprint density at radius 2 is 2.33 bits per heavy atom. The molecule has 4 nitrogen and oxygen atoms in total. The lowest BCUT2D eigenvalue weighted by Crippen LogP contribution is -2.24. The van der Waals surface area contributed by atoms with Crippen LogP contribution in [0.4, 0.5) is 0 Å². The number of carboxylic acid groups (broad SMARTS) is 1. The van der Waals surface area contributed by atoms with Gasteiger partial charge in [0, 0.05) is 18.2 Å². The molecular weight excluding hydrogens is 254 g/mol. The van der Waals surface area contributed by atoms with Gasteiger partial charge in [0.1, 0.15) is 5.75 Å². The zero-order valence-electron chi connectivity index (χ0n) is 10.1. The van der Waals surface area contributed by atoms with Crippen molar-refractivity contribution in [1.29, 1.82) is 0 Å². The monoisotopic (exact) mass is 269 g/mol. The highest BCUT2D eigenvalue weighted by molar-refractivity contribution is 6.32. The van der Waals surface area contributed by atoms with E-state index in [1.165, 1.54) is 19.8 Å². The van der Waals surface area contributed by atoms with Crippen molar-refractivity contribution in [2.45, 2.75) is 38.5 Å². The van der Waals surface area contributed by atoms with E-state index in [1.807, 2.05) is 12.1 Å². The van der Waals surface area contributed by atoms with Crippen LogP contribution in [0.1, 0.15) is 25.3 Å². The van der Waals surface area contributed by atoms with Crippen molar-refractivity contribution >= 4 is 17.6 Å². The standard InChI is InChI=1S/C13H16ClNO3/c1-8(13(16)17)18-12-9(3-2-4-11(12)14)7-15-10-5-6-10/h2-4,8,10,15H,5-7H2,1H3,(H,16,17). The topological polar surface area (TPSA) is 58.6 Å². The van der Waals surface area contributed by atoms with Crippen molar-refractivity contribution in [2.75, 3.05) is 0 Å². The largest absolute Gasteiger partial charge is 0.479 e. The van der Waals surface area contributed by atoms with Crippen LogP contribution < -0.4 is 10.1 Å². The Morgan fingerprint density at radius 1 is 1.61 bits per heavy atom. The lowest BCUT2D eigenvalue weighted by molar-refractivity contribution is -0.144. The van der Waals surface area contributed by atoms with Crippen LogP contribution in [0.3, 0.4) is 0 Å². The third kappa shape index (κ3) is 3.37. The second-order valence-corrected chi connectivity index (χ2v) is 4.89. The first-order valence-corrected chi connectivity index (χ1v) is 6.36. The normalized spacial score (nSPS) is 16.3. The number of halogens is 1. The van der Waals surface area contributed by atoms with Crippen LogP contribution in [0.15, 0.2) is 18.2 Å². The molecule has 0 saturated heterocycles. The molecule has 2 N–H and O–H groups in total. The Kier molecular flexibility index (Phi) is 4.09. The van der Waals surface area contributed by atoms with Crippen molar-refractivity contribution in [3.63, 3.8) is 0 Å². The fourth-order valence-electron chi connectivity index (χ4n) is 1.59. The number of rotatable bonds is 6. The van der Waals surface area contributed by atoms with Gasteiger partial charge >= 0.3 is 5.97 Å². The third-order valence-corrected chi connectivity index (χ3v) is 3.15. The van der Waals surface area contributed by atoms with Crippen molar-refractivity contribution in [2.24, 2.45) is 0 Å². The second kappa shape index (κ2) is 5.59. The lowest BCUT2D eigenvalue weighted by Gasteiger charge is -2.16. The molecule has 0 bridgehead atoms. The summed E-state index contributed by atoms with van der Waals surface area (Å²) in [6.07, 6.45) is 1.48. The Labute approximate surface area is 111 Å². The number of carboxylic acids is 1. The molecule has 1 aromatic rings. The van der Waals surface area contributed by atoms with Gasteiger partial charge in [-0.15, -0.1) is 0 Å². The average Bonchev–Trinajstić information content (AvgIpc) is 3.13. The quantitative estimate of drug-likeness (QED) is 0.833. The first kappa shape index (κ1) is 13.2. The number of carbonyl (C=O) groups is 1. The summed E-state index contributed by atoms with van der Waals surface area (Å²) in [6.45, 7) is 2.14. The first-order valence-electron chi connectivity index (χ1n) is 5.98. The molecule has 1 saturated carbocycles. The van der Waals surface area contributed by atoms with Crippen molar-refractivity contribution in [3.8, 4) is 5.75 Å². The van der Waals surface area contributed by atoms with Crippen LogP contribution in [-0.4, -0.2) is 23.2 Å². The first-order chi connectivity index (χ1) is 8.58. The summed E-state index contributed by atoms with van der Waals surface area (Å²) >= 11 is 6.06. The number of benzene rings is 1. The van der Waals surface area contributed by atoms with Gasteiger partial charge in [-0.2, -0.15) is 0 Å². The van der Waals surface area contributed by atoms with E-state index in [-0.39, 0.29) is 0 Å². The van der Waals surface area contributed by atoms with E-state index >= 15 is 0 Å². The zero-order chi connectivity index (χ0) is 13.1. The molecule has 0 radical (unpaired) electrons. The highest BCUT2D eigenvalue weighted by Gasteiger charge is 2.22. The fraction of sp³-hybridized carbons (Fsp3) is 0.462. The van der Waals surface area contributed by atoms with Crippen molar-refractivity contribution < 1.29 is 14.6 Å². The molecule has 5 heteroatoms. The highest BCUT2D eigenvalue weighted by Crippen LogP contribution is 2.30. The summed E-state index contributed by atoms with van der Waals surface area (Å²) < 4.78 is 5.42. The van der Waals surface area contributed by atoms with Gasteiger partial charge in [0.25, 0.3) is 0 Å². The predicted octanol–water partition coefficient (Wildman–Crippen LogP) is 2.44. The number of aliphatic carboxylic acids is 1. The summed E-state index contributed by atoms with van der Waals surface area (Å²) in [4.78, 5) is 10.8. The predicted molar refractivity (Wildman–Crippen MR) is 69.0 cm³/mol. The van der Waals surface area contributed by atoms with Crippen LogP contribution in [0.25, 0.3) is 0 Å². The van der Waals surface area contributed by atoms with Gasteiger partial charge in [0.15, 0.2) is 6.10 Å². The third-order valence-electron chi connectivity index (χ3n) is 2.85. The van der Waals surface area contributed by atoms with Crippen molar-refractivity contribution in [1.82, 2.24) is 5.32 Å². The van der Waals surface area contributed by atoms with Gasteiger partial charge in [-0.1, -0.05) is 23.7 Å². The van der Waals surface area contributed by atoms with Gasteiger partial charge in [-0.05, 0) is 25.8 Å². The minimum Gasteiger partial charge on any atom is -0.479 e. The van der Waals surface area contributed by atoms with E-state index in [4.69, 9.17) is 21.4 Å². The molecular formula is C13H16ClNO3. The minimum absolute atomic E-state index is 0.443. The van der Waals surface area contributed by atoms with Crippen LogP contribution in [0, 0.1) is 0 Å². The smallest absolute Gasteiger partial charge is 0.344 e. The zero-order valence-corrected chi connectivity index (χ0v) is 10.9. The SMILES string of the molecule is CC(Oc1c(Cl)cccc1CNC1CC1)C(=O)O. The Morgan fingerprint density at radius 3 is 2.94 bits per heavy atom. The molecule has 1 fully saturated rings. The molecule has 1 aliphatic rings. The molecule has 18 heavy (non-hydrogen) atoms. The molecule has 0 spiro atoms. The second-order valence-electron chi connectivity index (χ2n) is 4.48. The molecule has 1 aromatic carbocycles. The molecule has 1 aliphatic carbocycles. The summed E-state index contributed by atoms with van der Waals surface area (Å²) in [6, 6.07) is 6.01. The maximum atomic E-state index is 10.8. The average molecular weight is 270 g/mol. The van der Waals surface area contributed by atoms with Gasteiger partial charge in [-0.25, -0.2) is 4.79 Å². The molecule has 0 amide bonds.